The number of aryl methyl sites for hydroxylation is 1. The van der Waals surface area contributed by atoms with Gasteiger partial charge in [-0.3, -0.25) is 5.43 Å². The van der Waals surface area contributed by atoms with Crippen LogP contribution in [0.2, 0.25) is 0 Å². The molecule has 0 aliphatic heterocycles. The van der Waals surface area contributed by atoms with Gasteiger partial charge in [-0.15, -0.1) is 11.3 Å². The summed E-state index contributed by atoms with van der Waals surface area (Å²) in [5.74, 6) is 1.49. The number of aromatic nitrogens is 1. The van der Waals surface area contributed by atoms with E-state index in [9.17, 15) is 0 Å². The van der Waals surface area contributed by atoms with E-state index < -0.39 is 0 Å². The Morgan fingerprint density at radius 1 is 1.33 bits per heavy atom. The number of anilines is 1. The average molecular weight is 410 g/mol. The second-order valence-corrected chi connectivity index (χ2v) is 7.43. The first-order chi connectivity index (χ1) is 11.7. The molecule has 1 aromatic heterocycles. The Bertz CT molecular complexity index is 727. The molecule has 7 heteroatoms. The van der Waals surface area contributed by atoms with Gasteiger partial charge in [-0.05, 0) is 60.7 Å². The minimum Gasteiger partial charge on any atom is -0.493 e. The maximum Gasteiger partial charge on any atom is 0.203 e. The highest BCUT2D eigenvalue weighted by Gasteiger charge is 2.19. The molecule has 0 amide bonds. The third-order valence-corrected chi connectivity index (χ3v) is 5.41. The van der Waals surface area contributed by atoms with Gasteiger partial charge in [0, 0.05) is 15.4 Å². The van der Waals surface area contributed by atoms with Gasteiger partial charge in [0.2, 0.25) is 5.13 Å². The zero-order chi connectivity index (χ0) is 16.9. The Labute approximate surface area is 154 Å². The molecule has 1 heterocycles. The van der Waals surface area contributed by atoms with Crippen molar-refractivity contribution in [2.24, 2.45) is 5.10 Å². The molecule has 2 aromatic rings. The molecule has 128 valence electrons. The van der Waals surface area contributed by atoms with Crippen LogP contribution in [0.1, 0.15) is 36.9 Å². The second kappa shape index (κ2) is 7.98. The standard InChI is InChI=1S/C17H20BrN3O2S/c1-11-10-24-17(20-11)21-19-9-12-7-15(22-2)16(8-14(12)18)23-13-5-3-4-6-13/h7-10,13H,3-6H2,1-2H3,(H,20,21). The van der Waals surface area contributed by atoms with Crippen LogP contribution in [0.3, 0.4) is 0 Å². The number of nitrogens with one attached hydrogen (secondary N) is 1. The molecule has 1 saturated carbocycles. The number of hydrazone groups is 1. The van der Waals surface area contributed by atoms with E-state index >= 15 is 0 Å². The van der Waals surface area contributed by atoms with Crippen molar-refractivity contribution in [3.8, 4) is 11.5 Å². The van der Waals surface area contributed by atoms with Gasteiger partial charge >= 0.3 is 0 Å². The number of rotatable bonds is 6. The molecule has 3 rings (SSSR count). The number of benzene rings is 1. The Morgan fingerprint density at radius 3 is 2.79 bits per heavy atom. The molecule has 1 aliphatic rings. The molecule has 1 N–H and O–H groups in total. The van der Waals surface area contributed by atoms with Gasteiger partial charge < -0.3 is 9.47 Å². The SMILES string of the molecule is COc1cc(C=NNc2nc(C)cs2)c(Br)cc1OC1CCCC1. The smallest absolute Gasteiger partial charge is 0.203 e. The number of ether oxygens (including phenoxy) is 2. The van der Waals surface area contributed by atoms with E-state index in [0.29, 0.717) is 6.10 Å². The van der Waals surface area contributed by atoms with E-state index in [0.717, 1.165) is 45.2 Å². The fraction of sp³-hybridized carbons (Fsp3) is 0.412. The predicted molar refractivity (Wildman–Crippen MR) is 102 cm³/mol. The number of halogens is 1. The van der Waals surface area contributed by atoms with E-state index in [4.69, 9.17) is 9.47 Å². The molecule has 0 radical (unpaired) electrons. The molecular formula is C17H20BrN3O2S. The van der Waals surface area contributed by atoms with Crippen molar-refractivity contribution >= 4 is 38.6 Å². The van der Waals surface area contributed by atoms with E-state index in [2.05, 4.69) is 31.4 Å². The van der Waals surface area contributed by atoms with Crippen LogP contribution in [-0.4, -0.2) is 24.4 Å². The number of methoxy groups -OCH3 is 1. The zero-order valence-electron chi connectivity index (χ0n) is 13.7. The topological polar surface area (TPSA) is 55.7 Å². The van der Waals surface area contributed by atoms with E-state index in [1.165, 1.54) is 24.2 Å². The van der Waals surface area contributed by atoms with Crippen LogP contribution in [0, 0.1) is 6.92 Å². The van der Waals surface area contributed by atoms with Crippen molar-refractivity contribution in [3.05, 3.63) is 33.2 Å². The largest absolute Gasteiger partial charge is 0.493 e. The molecule has 1 aliphatic carbocycles. The first-order valence-corrected chi connectivity index (χ1v) is 9.58. The van der Waals surface area contributed by atoms with Gasteiger partial charge in [-0.1, -0.05) is 0 Å². The highest BCUT2D eigenvalue weighted by Crippen LogP contribution is 2.35. The van der Waals surface area contributed by atoms with E-state index in [1.54, 1.807) is 13.3 Å². The average Bonchev–Trinajstić information content (AvgIpc) is 3.21. The molecule has 5 nitrogen and oxygen atoms in total. The van der Waals surface area contributed by atoms with Crippen LogP contribution in [-0.2, 0) is 0 Å². The Morgan fingerprint density at radius 2 is 2.12 bits per heavy atom. The fourth-order valence-electron chi connectivity index (χ4n) is 2.65. The molecular weight excluding hydrogens is 390 g/mol. The molecule has 1 aromatic carbocycles. The van der Waals surface area contributed by atoms with Gasteiger partial charge in [0.1, 0.15) is 0 Å². The summed E-state index contributed by atoms with van der Waals surface area (Å²) in [4.78, 5) is 4.31. The molecule has 0 spiro atoms. The number of thiazole rings is 1. The fourth-order valence-corrected chi connectivity index (χ4v) is 3.71. The minimum absolute atomic E-state index is 0.292. The summed E-state index contributed by atoms with van der Waals surface area (Å²) in [5.41, 5.74) is 4.83. The number of hydrogen-bond donors (Lipinski definition) is 1. The van der Waals surface area contributed by atoms with Gasteiger partial charge in [0.25, 0.3) is 0 Å². The lowest BCUT2D eigenvalue weighted by atomic mass is 10.2. The van der Waals surface area contributed by atoms with E-state index in [1.807, 2.05) is 24.4 Å². The predicted octanol–water partition coefficient (Wildman–Crippen LogP) is 4.99. The number of hydrogen-bond acceptors (Lipinski definition) is 6. The summed E-state index contributed by atoms with van der Waals surface area (Å²) in [7, 11) is 1.66. The molecule has 0 bridgehead atoms. The highest BCUT2D eigenvalue weighted by atomic mass is 79.9. The van der Waals surface area contributed by atoms with Crippen LogP contribution in [0.5, 0.6) is 11.5 Å². The summed E-state index contributed by atoms with van der Waals surface area (Å²) in [6, 6.07) is 3.87. The van der Waals surface area contributed by atoms with E-state index in [-0.39, 0.29) is 0 Å². The lowest BCUT2D eigenvalue weighted by Gasteiger charge is -2.17. The van der Waals surface area contributed by atoms with Crippen LogP contribution in [0.4, 0.5) is 5.13 Å². The van der Waals surface area contributed by atoms with Crippen molar-refractivity contribution in [2.45, 2.75) is 38.7 Å². The maximum atomic E-state index is 6.09. The summed E-state index contributed by atoms with van der Waals surface area (Å²) >= 11 is 5.11. The van der Waals surface area contributed by atoms with Gasteiger partial charge in [0.15, 0.2) is 11.5 Å². The third kappa shape index (κ3) is 4.27. The van der Waals surface area contributed by atoms with Crippen LogP contribution < -0.4 is 14.9 Å². The van der Waals surface area contributed by atoms with Crippen molar-refractivity contribution in [2.75, 3.05) is 12.5 Å². The number of nitrogens with zero attached hydrogens (tertiary/aromatic N) is 2. The molecule has 0 atom stereocenters. The van der Waals surface area contributed by atoms with Crippen molar-refractivity contribution < 1.29 is 9.47 Å². The lowest BCUT2D eigenvalue weighted by molar-refractivity contribution is 0.200. The minimum atomic E-state index is 0.292. The third-order valence-electron chi connectivity index (χ3n) is 3.86. The van der Waals surface area contributed by atoms with Crippen molar-refractivity contribution in [1.82, 2.24) is 4.98 Å². The molecule has 24 heavy (non-hydrogen) atoms. The quantitative estimate of drug-likeness (QED) is 0.539. The normalized spacial score (nSPS) is 15.1. The first kappa shape index (κ1) is 17.2. The summed E-state index contributed by atoms with van der Waals surface area (Å²) in [6.45, 7) is 1.95. The van der Waals surface area contributed by atoms with Crippen molar-refractivity contribution in [1.29, 1.82) is 0 Å². The Hall–Kier alpha value is -1.60. The first-order valence-electron chi connectivity index (χ1n) is 7.91. The summed E-state index contributed by atoms with van der Waals surface area (Å²) < 4.78 is 12.5. The lowest BCUT2D eigenvalue weighted by Crippen LogP contribution is -2.11. The molecule has 1 fully saturated rings. The summed E-state index contributed by atoms with van der Waals surface area (Å²) in [6.07, 6.45) is 6.73. The Kier molecular flexibility index (Phi) is 5.73. The van der Waals surface area contributed by atoms with Crippen LogP contribution in [0.25, 0.3) is 0 Å². The van der Waals surface area contributed by atoms with Crippen LogP contribution >= 0.6 is 27.3 Å². The molecule has 0 unspecified atom stereocenters. The monoisotopic (exact) mass is 409 g/mol. The van der Waals surface area contributed by atoms with Gasteiger partial charge in [-0.2, -0.15) is 5.10 Å². The van der Waals surface area contributed by atoms with Crippen molar-refractivity contribution in [3.63, 3.8) is 0 Å². The van der Waals surface area contributed by atoms with Crippen LogP contribution in [0.15, 0.2) is 27.1 Å². The molecule has 0 saturated heterocycles. The Balaban J connectivity index is 1.73. The van der Waals surface area contributed by atoms with Gasteiger partial charge in [-0.25, -0.2) is 4.98 Å². The maximum absolute atomic E-state index is 6.09. The van der Waals surface area contributed by atoms with Gasteiger partial charge in [0.05, 0.1) is 25.1 Å². The second-order valence-electron chi connectivity index (χ2n) is 5.71. The highest BCUT2D eigenvalue weighted by molar-refractivity contribution is 9.10. The summed E-state index contributed by atoms with van der Waals surface area (Å²) in [5, 5.41) is 6.99. The zero-order valence-corrected chi connectivity index (χ0v) is 16.1.